The molecule has 0 atom stereocenters. The van der Waals surface area contributed by atoms with Crippen molar-refractivity contribution in [2.24, 2.45) is 5.92 Å². The number of hydrogen-bond acceptors (Lipinski definition) is 4. The summed E-state index contributed by atoms with van der Waals surface area (Å²) in [5.74, 6) is 0.379. The number of piperidine rings is 1. The second kappa shape index (κ2) is 9.70. The summed E-state index contributed by atoms with van der Waals surface area (Å²) in [5, 5.41) is 2.53. The molecule has 1 fully saturated rings. The van der Waals surface area contributed by atoms with Gasteiger partial charge in [-0.2, -0.15) is 0 Å². The van der Waals surface area contributed by atoms with Crippen molar-refractivity contribution < 1.29 is 9.59 Å². The van der Waals surface area contributed by atoms with Crippen LogP contribution < -0.4 is 5.56 Å². The number of benzene rings is 3. The van der Waals surface area contributed by atoms with Crippen LogP contribution in [0.1, 0.15) is 35.9 Å². The van der Waals surface area contributed by atoms with E-state index in [0.29, 0.717) is 54.8 Å². The highest BCUT2D eigenvalue weighted by Crippen LogP contribution is 2.25. The molecule has 4 aromatic rings. The van der Waals surface area contributed by atoms with Crippen molar-refractivity contribution in [3.05, 3.63) is 88.5 Å². The number of aromatic nitrogens is 2. The topological polar surface area (TPSA) is 86.4 Å². The van der Waals surface area contributed by atoms with Crippen LogP contribution in [0.25, 0.3) is 21.7 Å². The smallest absolute Gasteiger partial charge is 0.258 e. The maximum Gasteiger partial charge on any atom is 0.258 e. The van der Waals surface area contributed by atoms with E-state index in [1.165, 1.54) is 0 Å². The highest BCUT2D eigenvalue weighted by Gasteiger charge is 2.31. The lowest BCUT2D eigenvalue weighted by Gasteiger charge is -2.34. The van der Waals surface area contributed by atoms with Gasteiger partial charge in [-0.05, 0) is 48.7 Å². The Morgan fingerprint density at radius 3 is 2.43 bits per heavy atom. The van der Waals surface area contributed by atoms with Gasteiger partial charge in [0.25, 0.3) is 11.5 Å². The lowest BCUT2D eigenvalue weighted by molar-refractivity contribution is -0.137. The minimum atomic E-state index is -0.200. The summed E-state index contributed by atoms with van der Waals surface area (Å²) < 4.78 is 0. The Balaban J connectivity index is 1.26. The Morgan fingerprint density at radius 2 is 1.66 bits per heavy atom. The van der Waals surface area contributed by atoms with E-state index in [4.69, 9.17) is 0 Å². The summed E-state index contributed by atoms with van der Waals surface area (Å²) in [7, 11) is 0. The van der Waals surface area contributed by atoms with Crippen molar-refractivity contribution >= 4 is 33.5 Å². The predicted molar refractivity (Wildman–Crippen MR) is 136 cm³/mol. The van der Waals surface area contributed by atoms with Gasteiger partial charge in [-0.1, -0.05) is 48.5 Å². The van der Waals surface area contributed by atoms with Gasteiger partial charge in [0.15, 0.2) is 0 Å². The average molecular weight is 469 g/mol. The first kappa shape index (κ1) is 22.8. The van der Waals surface area contributed by atoms with Crippen molar-refractivity contribution in [1.29, 1.82) is 0 Å². The zero-order chi connectivity index (χ0) is 24.4. The lowest BCUT2D eigenvalue weighted by atomic mass is 9.94. The van der Waals surface area contributed by atoms with Gasteiger partial charge in [-0.25, -0.2) is 4.98 Å². The van der Waals surface area contributed by atoms with E-state index in [1.54, 1.807) is 23.1 Å². The number of amides is 2. The molecule has 35 heavy (non-hydrogen) atoms. The van der Waals surface area contributed by atoms with Crippen molar-refractivity contribution in [3.8, 4) is 0 Å². The summed E-state index contributed by atoms with van der Waals surface area (Å²) in [6, 6.07) is 20.9. The zero-order valence-electron chi connectivity index (χ0n) is 19.7. The van der Waals surface area contributed by atoms with Gasteiger partial charge in [-0.15, -0.1) is 0 Å². The number of carbonyl (C=O) groups is 2. The molecule has 1 aliphatic rings. The monoisotopic (exact) mass is 468 g/mol. The van der Waals surface area contributed by atoms with Crippen LogP contribution in [0.5, 0.6) is 0 Å². The van der Waals surface area contributed by atoms with E-state index in [-0.39, 0.29) is 29.8 Å². The van der Waals surface area contributed by atoms with E-state index < -0.39 is 0 Å². The molecule has 178 valence electrons. The molecule has 2 amide bonds. The minimum absolute atomic E-state index is 0.0120. The van der Waals surface area contributed by atoms with Gasteiger partial charge < -0.3 is 14.8 Å². The average Bonchev–Trinajstić information content (AvgIpc) is 2.91. The fourth-order valence-corrected chi connectivity index (χ4v) is 4.91. The third-order valence-corrected chi connectivity index (χ3v) is 6.85. The van der Waals surface area contributed by atoms with E-state index in [9.17, 15) is 14.4 Å². The number of fused-ring (bicyclic) bond motifs is 2. The third kappa shape index (κ3) is 4.54. The number of hydrogen-bond donors (Lipinski definition) is 1. The van der Waals surface area contributed by atoms with Crippen LogP contribution in [0.2, 0.25) is 0 Å². The molecule has 1 saturated heterocycles. The number of H-pyrrole nitrogens is 1. The molecule has 0 aliphatic carbocycles. The summed E-state index contributed by atoms with van der Waals surface area (Å²) in [6.45, 7) is 3.79. The van der Waals surface area contributed by atoms with E-state index >= 15 is 0 Å². The maximum atomic E-state index is 13.3. The molecule has 0 saturated carbocycles. The highest BCUT2D eigenvalue weighted by molar-refractivity contribution is 6.07. The second-order valence-electron chi connectivity index (χ2n) is 8.98. The van der Waals surface area contributed by atoms with Gasteiger partial charge in [0, 0.05) is 31.1 Å². The first-order valence-electron chi connectivity index (χ1n) is 12.1. The lowest BCUT2D eigenvalue weighted by Crippen LogP contribution is -2.44. The van der Waals surface area contributed by atoms with Crippen molar-refractivity contribution in [2.75, 3.05) is 19.6 Å². The Kier molecular flexibility index (Phi) is 6.31. The van der Waals surface area contributed by atoms with Crippen molar-refractivity contribution in [3.63, 3.8) is 0 Å². The molecular formula is C28H28N4O3. The van der Waals surface area contributed by atoms with Crippen LogP contribution in [0, 0.1) is 5.92 Å². The normalized spacial score (nSPS) is 14.4. The second-order valence-corrected chi connectivity index (χ2v) is 8.98. The molecule has 0 spiro atoms. The van der Waals surface area contributed by atoms with E-state index in [0.717, 1.165) is 10.8 Å². The highest BCUT2D eigenvalue weighted by atomic mass is 16.2. The molecule has 0 bridgehead atoms. The molecule has 1 N–H and O–H groups in total. The molecule has 2 heterocycles. The Hall–Kier alpha value is -4.00. The molecule has 7 nitrogen and oxygen atoms in total. The van der Waals surface area contributed by atoms with Crippen LogP contribution in [0.4, 0.5) is 0 Å². The van der Waals surface area contributed by atoms with Gasteiger partial charge in [0.2, 0.25) is 5.91 Å². The number of rotatable bonds is 5. The number of para-hydroxylation sites is 1. The molecule has 7 heteroatoms. The molecular weight excluding hydrogens is 440 g/mol. The quantitative estimate of drug-likeness (QED) is 0.480. The van der Waals surface area contributed by atoms with E-state index in [2.05, 4.69) is 9.97 Å². The largest absolute Gasteiger partial charge is 0.339 e. The number of likely N-dealkylation sites (tertiary alicyclic amines) is 1. The number of nitrogens with zero attached hydrogens (tertiary/aromatic N) is 3. The first-order valence-corrected chi connectivity index (χ1v) is 12.1. The molecule has 0 radical (unpaired) electrons. The Bertz CT molecular complexity index is 1450. The summed E-state index contributed by atoms with van der Waals surface area (Å²) >= 11 is 0. The maximum absolute atomic E-state index is 13.3. The fourth-order valence-electron chi connectivity index (χ4n) is 4.91. The van der Waals surface area contributed by atoms with Crippen LogP contribution in [0.15, 0.2) is 71.5 Å². The van der Waals surface area contributed by atoms with Crippen molar-refractivity contribution in [1.82, 2.24) is 19.8 Å². The molecule has 1 aromatic heterocycles. The van der Waals surface area contributed by atoms with Crippen molar-refractivity contribution in [2.45, 2.75) is 26.3 Å². The molecule has 5 rings (SSSR count). The molecule has 3 aromatic carbocycles. The predicted octanol–water partition coefficient (Wildman–Crippen LogP) is 3.98. The Morgan fingerprint density at radius 1 is 0.971 bits per heavy atom. The van der Waals surface area contributed by atoms with Crippen LogP contribution >= 0.6 is 0 Å². The zero-order valence-corrected chi connectivity index (χ0v) is 19.7. The van der Waals surface area contributed by atoms with Gasteiger partial charge in [0.1, 0.15) is 5.82 Å². The van der Waals surface area contributed by atoms with Gasteiger partial charge in [0.05, 0.1) is 17.4 Å². The first-order chi connectivity index (χ1) is 17.0. The number of nitrogens with one attached hydrogen (secondary N) is 1. The van der Waals surface area contributed by atoms with Gasteiger partial charge in [-0.3, -0.25) is 14.4 Å². The number of carbonyl (C=O) groups excluding carboxylic acids is 2. The van der Waals surface area contributed by atoms with Gasteiger partial charge >= 0.3 is 0 Å². The standard InChI is InChI=1S/C28H28N4O3/c1-2-31(18-25-29-24-13-6-5-11-23(24)26(33)30-25)27(34)20-14-16-32(17-15-20)28(35)22-12-7-9-19-8-3-4-10-21(19)22/h3-13,20H,2,14-18H2,1H3,(H,29,30,33). The van der Waals surface area contributed by atoms with Crippen LogP contribution in [-0.2, 0) is 11.3 Å². The summed E-state index contributed by atoms with van der Waals surface area (Å²) in [5.41, 5.74) is 1.12. The third-order valence-electron chi connectivity index (χ3n) is 6.85. The molecule has 1 aliphatic heterocycles. The minimum Gasteiger partial charge on any atom is -0.339 e. The fraction of sp³-hybridized carbons (Fsp3) is 0.286. The number of aromatic amines is 1. The SMILES string of the molecule is CCN(Cc1nc2ccccc2c(=O)[nH]1)C(=O)C1CCN(C(=O)c2cccc3ccccc23)CC1. The summed E-state index contributed by atoms with van der Waals surface area (Å²) in [6.07, 6.45) is 1.24. The summed E-state index contributed by atoms with van der Waals surface area (Å²) in [4.78, 5) is 49.9. The van der Waals surface area contributed by atoms with Crippen LogP contribution in [0.3, 0.4) is 0 Å². The Labute approximate surface area is 203 Å². The molecule has 0 unspecified atom stereocenters. The van der Waals surface area contributed by atoms with Crippen LogP contribution in [-0.4, -0.2) is 51.2 Å². The van der Waals surface area contributed by atoms with E-state index in [1.807, 2.05) is 60.4 Å².